The Morgan fingerprint density at radius 1 is 1.61 bits per heavy atom. The maximum Gasteiger partial charge on any atom is 0.304 e. The molecule has 0 amide bonds. The van der Waals surface area contributed by atoms with Crippen molar-refractivity contribution in [1.82, 2.24) is 14.0 Å². The van der Waals surface area contributed by atoms with Crippen LogP contribution < -0.4 is 4.72 Å². The lowest BCUT2D eigenvalue weighted by molar-refractivity contribution is -0.137. The molecule has 0 aliphatic heterocycles. The molecule has 0 spiro atoms. The minimum absolute atomic E-state index is 0.0631. The standard InChI is InChI=1S/C9H15N3O4S2/c1-7-10-5-8(17-7)6-11-18(15,16)12(2)4-3-9(13)14/h5,11H,3-4,6H2,1-2H3,(H,13,14). The molecule has 2 N–H and O–H groups in total. The average Bonchev–Trinajstić information content (AvgIpc) is 2.69. The summed E-state index contributed by atoms with van der Waals surface area (Å²) in [7, 11) is -2.31. The minimum atomic E-state index is -3.65. The van der Waals surface area contributed by atoms with Gasteiger partial charge in [0, 0.05) is 31.2 Å². The van der Waals surface area contributed by atoms with Gasteiger partial charge < -0.3 is 5.11 Å². The van der Waals surface area contributed by atoms with Gasteiger partial charge in [-0.15, -0.1) is 11.3 Å². The highest BCUT2D eigenvalue weighted by molar-refractivity contribution is 7.87. The molecule has 1 rings (SSSR count). The Kier molecular flexibility index (Phi) is 5.20. The SMILES string of the molecule is Cc1ncc(CNS(=O)(=O)N(C)CCC(=O)O)s1. The molecule has 0 bridgehead atoms. The number of nitrogens with zero attached hydrogens (tertiary/aromatic N) is 2. The summed E-state index contributed by atoms with van der Waals surface area (Å²) in [6.45, 7) is 1.93. The first-order valence-electron chi connectivity index (χ1n) is 5.15. The summed E-state index contributed by atoms with van der Waals surface area (Å²) >= 11 is 1.41. The lowest BCUT2D eigenvalue weighted by atomic mass is 10.4. The zero-order valence-corrected chi connectivity index (χ0v) is 11.7. The van der Waals surface area contributed by atoms with Crippen LogP contribution in [0.15, 0.2) is 6.20 Å². The molecule has 0 aliphatic carbocycles. The van der Waals surface area contributed by atoms with Crippen LogP contribution in [0.1, 0.15) is 16.3 Å². The summed E-state index contributed by atoms with van der Waals surface area (Å²) in [4.78, 5) is 15.2. The van der Waals surface area contributed by atoms with Crippen molar-refractivity contribution >= 4 is 27.5 Å². The van der Waals surface area contributed by atoms with E-state index in [2.05, 4.69) is 9.71 Å². The minimum Gasteiger partial charge on any atom is -0.481 e. The lowest BCUT2D eigenvalue weighted by Gasteiger charge is -2.16. The molecule has 9 heteroatoms. The summed E-state index contributed by atoms with van der Waals surface area (Å²) in [5.41, 5.74) is 0. The molecular formula is C9H15N3O4S2. The van der Waals surface area contributed by atoms with Gasteiger partial charge in [0.2, 0.25) is 0 Å². The van der Waals surface area contributed by atoms with Gasteiger partial charge >= 0.3 is 5.97 Å². The third-order valence-electron chi connectivity index (χ3n) is 2.15. The van der Waals surface area contributed by atoms with Crippen LogP contribution >= 0.6 is 11.3 Å². The van der Waals surface area contributed by atoms with Crippen molar-refractivity contribution in [3.05, 3.63) is 16.1 Å². The molecule has 0 aromatic carbocycles. The largest absolute Gasteiger partial charge is 0.481 e. The van der Waals surface area contributed by atoms with Gasteiger partial charge in [0.15, 0.2) is 0 Å². The number of rotatable bonds is 7. The third-order valence-corrected chi connectivity index (χ3v) is 4.57. The van der Waals surface area contributed by atoms with Crippen LogP contribution in [0.25, 0.3) is 0 Å². The van der Waals surface area contributed by atoms with Crippen LogP contribution in [-0.4, -0.2) is 42.4 Å². The Hall–Kier alpha value is -1.03. The fourth-order valence-corrected chi connectivity index (χ4v) is 2.85. The van der Waals surface area contributed by atoms with Gasteiger partial charge in [-0.2, -0.15) is 17.4 Å². The normalized spacial score (nSPS) is 11.9. The molecule has 7 nitrogen and oxygen atoms in total. The van der Waals surface area contributed by atoms with Crippen LogP contribution in [0.5, 0.6) is 0 Å². The summed E-state index contributed by atoms with van der Waals surface area (Å²) in [5, 5.41) is 9.35. The van der Waals surface area contributed by atoms with Gasteiger partial charge in [-0.3, -0.25) is 4.79 Å². The smallest absolute Gasteiger partial charge is 0.304 e. The summed E-state index contributed by atoms with van der Waals surface area (Å²) in [5.74, 6) is -1.03. The van der Waals surface area contributed by atoms with Crippen molar-refractivity contribution < 1.29 is 18.3 Å². The van der Waals surface area contributed by atoms with Gasteiger partial charge in [-0.1, -0.05) is 0 Å². The van der Waals surface area contributed by atoms with Crippen molar-refractivity contribution in [3.63, 3.8) is 0 Å². The predicted octanol–water partition coefficient (Wildman–Crippen LogP) is 0.192. The fraction of sp³-hybridized carbons (Fsp3) is 0.556. The molecule has 18 heavy (non-hydrogen) atoms. The Morgan fingerprint density at radius 2 is 2.28 bits per heavy atom. The monoisotopic (exact) mass is 293 g/mol. The Morgan fingerprint density at radius 3 is 2.78 bits per heavy atom. The number of hydrogen-bond acceptors (Lipinski definition) is 5. The first-order chi connectivity index (χ1) is 8.31. The van der Waals surface area contributed by atoms with E-state index in [4.69, 9.17) is 5.11 Å². The highest BCUT2D eigenvalue weighted by Gasteiger charge is 2.18. The Bertz CT molecular complexity index is 512. The molecule has 0 atom stereocenters. The number of carboxylic acids is 1. The molecule has 1 aromatic heterocycles. The van der Waals surface area contributed by atoms with Gasteiger partial charge in [0.05, 0.1) is 11.4 Å². The predicted molar refractivity (Wildman–Crippen MR) is 67.5 cm³/mol. The Balaban J connectivity index is 2.51. The highest BCUT2D eigenvalue weighted by atomic mass is 32.2. The quantitative estimate of drug-likeness (QED) is 0.747. The number of aryl methyl sites for hydroxylation is 1. The average molecular weight is 293 g/mol. The van der Waals surface area contributed by atoms with E-state index in [9.17, 15) is 13.2 Å². The summed E-state index contributed by atoms with van der Waals surface area (Å²) in [6.07, 6.45) is 1.39. The second-order valence-corrected chi connectivity index (χ2v) is 6.82. The van der Waals surface area contributed by atoms with E-state index < -0.39 is 16.2 Å². The van der Waals surface area contributed by atoms with E-state index >= 15 is 0 Å². The molecule has 0 fully saturated rings. The van der Waals surface area contributed by atoms with E-state index in [1.54, 1.807) is 6.20 Å². The number of thiazole rings is 1. The van der Waals surface area contributed by atoms with Gasteiger partial charge in [0.1, 0.15) is 0 Å². The maximum atomic E-state index is 11.7. The topological polar surface area (TPSA) is 99.6 Å². The first-order valence-corrected chi connectivity index (χ1v) is 7.41. The number of aliphatic carboxylic acids is 1. The van der Waals surface area contributed by atoms with E-state index in [1.807, 2.05) is 6.92 Å². The van der Waals surface area contributed by atoms with Crippen molar-refractivity contribution in [1.29, 1.82) is 0 Å². The summed E-state index contributed by atoms with van der Waals surface area (Å²) in [6, 6.07) is 0. The number of nitrogens with one attached hydrogen (secondary N) is 1. The van der Waals surface area contributed by atoms with Crippen LogP contribution in [0.2, 0.25) is 0 Å². The molecule has 1 heterocycles. The Labute approximate surface area is 110 Å². The number of hydrogen-bond donors (Lipinski definition) is 2. The van der Waals surface area contributed by atoms with Crippen LogP contribution in [0, 0.1) is 6.92 Å². The van der Waals surface area contributed by atoms with Crippen molar-refractivity contribution in [2.24, 2.45) is 0 Å². The van der Waals surface area contributed by atoms with E-state index in [0.717, 1.165) is 14.2 Å². The van der Waals surface area contributed by atoms with E-state index in [0.29, 0.717) is 0 Å². The molecule has 0 unspecified atom stereocenters. The first kappa shape index (κ1) is 15.0. The van der Waals surface area contributed by atoms with Crippen molar-refractivity contribution in [3.8, 4) is 0 Å². The highest BCUT2D eigenvalue weighted by Crippen LogP contribution is 2.11. The molecule has 0 radical (unpaired) electrons. The van der Waals surface area contributed by atoms with Crippen molar-refractivity contribution in [2.75, 3.05) is 13.6 Å². The van der Waals surface area contributed by atoms with Crippen LogP contribution in [0.4, 0.5) is 0 Å². The van der Waals surface area contributed by atoms with Crippen LogP contribution in [0.3, 0.4) is 0 Å². The third kappa shape index (κ3) is 4.69. The zero-order valence-electron chi connectivity index (χ0n) is 10.1. The second-order valence-electron chi connectivity index (χ2n) is 3.64. The fourth-order valence-electron chi connectivity index (χ4n) is 1.13. The van der Waals surface area contributed by atoms with E-state index in [1.165, 1.54) is 18.4 Å². The maximum absolute atomic E-state index is 11.7. The molecule has 0 aliphatic rings. The van der Waals surface area contributed by atoms with Crippen molar-refractivity contribution in [2.45, 2.75) is 19.9 Å². The lowest BCUT2D eigenvalue weighted by Crippen LogP contribution is -2.38. The molecule has 1 aromatic rings. The van der Waals surface area contributed by atoms with Gasteiger partial charge in [0.25, 0.3) is 10.2 Å². The number of aromatic nitrogens is 1. The van der Waals surface area contributed by atoms with Crippen LogP contribution in [-0.2, 0) is 21.5 Å². The molecular weight excluding hydrogens is 278 g/mol. The molecule has 0 saturated heterocycles. The second kappa shape index (κ2) is 6.23. The molecule has 102 valence electrons. The number of carboxylic acid groups (broad SMARTS) is 1. The number of carbonyl (C=O) groups is 1. The van der Waals surface area contributed by atoms with Gasteiger partial charge in [-0.25, -0.2) is 4.98 Å². The zero-order chi connectivity index (χ0) is 13.8. The molecule has 0 saturated carbocycles. The van der Waals surface area contributed by atoms with E-state index in [-0.39, 0.29) is 19.5 Å². The summed E-state index contributed by atoms with van der Waals surface area (Å²) < 4.78 is 26.8. The van der Waals surface area contributed by atoms with Gasteiger partial charge in [-0.05, 0) is 6.92 Å².